The lowest BCUT2D eigenvalue weighted by molar-refractivity contribution is -0.141. The van der Waals surface area contributed by atoms with Gasteiger partial charge in [0.2, 0.25) is 0 Å². The van der Waals surface area contributed by atoms with Crippen LogP contribution in [-0.2, 0) is 18.9 Å². The van der Waals surface area contributed by atoms with Gasteiger partial charge in [0.25, 0.3) is 0 Å². The molecule has 0 aliphatic rings. The summed E-state index contributed by atoms with van der Waals surface area (Å²) in [5.74, 6) is 0. The molecule has 0 amide bonds. The van der Waals surface area contributed by atoms with Gasteiger partial charge in [-0.3, -0.25) is 9.97 Å². The first-order valence-electron chi connectivity index (χ1n) is 10.9. The normalized spacial score (nSPS) is 12.3. The average Bonchev–Trinajstić information content (AvgIpc) is 3.18. The zero-order valence-electron chi connectivity index (χ0n) is 18.9. The molecule has 0 aliphatic heterocycles. The van der Waals surface area contributed by atoms with E-state index >= 15 is 0 Å². The minimum atomic E-state index is -4.64. The molecule has 0 atom stereocenters. The van der Waals surface area contributed by atoms with Crippen LogP contribution in [0.3, 0.4) is 0 Å². The highest BCUT2D eigenvalue weighted by Gasteiger charge is 2.33. The summed E-state index contributed by atoms with van der Waals surface area (Å²) in [6.07, 6.45) is -5.75. The van der Waals surface area contributed by atoms with Gasteiger partial charge >= 0.3 is 18.0 Å². The van der Waals surface area contributed by atoms with Crippen LogP contribution in [0, 0.1) is 0 Å². The minimum Gasteiger partial charge on any atom is -0.251 e. The maximum atomic E-state index is 13.1. The van der Waals surface area contributed by atoms with E-state index in [9.17, 15) is 31.1 Å². The molecule has 5 rings (SSSR count). The lowest BCUT2D eigenvalue weighted by Crippen LogP contribution is -2.21. The minimum absolute atomic E-state index is 0.115. The van der Waals surface area contributed by atoms with Gasteiger partial charge in [0, 0.05) is 34.7 Å². The van der Waals surface area contributed by atoms with Crippen LogP contribution in [0.5, 0.6) is 0 Å². The van der Waals surface area contributed by atoms with E-state index in [0.717, 1.165) is 29.2 Å². The number of halogens is 7. The average molecular weight is 550 g/mol. The van der Waals surface area contributed by atoms with E-state index in [1.54, 1.807) is 30.3 Å². The zero-order valence-corrected chi connectivity index (χ0v) is 19.7. The topological polar surface area (TPSA) is 65.1 Å². The third kappa shape index (κ3) is 4.86. The van der Waals surface area contributed by atoms with Crippen molar-refractivity contribution in [3.63, 3.8) is 0 Å². The molecule has 194 valence electrons. The van der Waals surface area contributed by atoms with E-state index in [-0.39, 0.29) is 17.8 Å². The van der Waals surface area contributed by atoms with Crippen molar-refractivity contribution in [2.24, 2.45) is 0 Å². The molecule has 38 heavy (non-hydrogen) atoms. The number of alkyl halides is 6. The number of nitrogens with zero attached hydrogens (tertiary/aromatic N) is 5. The van der Waals surface area contributed by atoms with Gasteiger partial charge in [-0.25, -0.2) is 13.9 Å². The van der Waals surface area contributed by atoms with Gasteiger partial charge in [0.1, 0.15) is 11.4 Å². The molecule has 0 aliphatic carbocycles. The van der Waals surface area contributed by atoms with Crippen LogP contribution in [-0.4, -0.2) is 24.1 Å². The summed E-state index contributed by atoms with van der Waals surface area (Å²) in [6, 6.07) is 12.3. The third-order valence-electron chi connectivity index (χ3n) is 5.70. The summed E-state index contributed by atoms with van der Waals surface area (Å²) in [5.41, 5.74) is -0.567. The number of hydrogen-bond donors (Lipinski definition) is 0. The predicted octanol–water partition coefficient (Wildman–Crippen LogP) is 6.36. The molecule has 1 aromatic carbocycles. The van der Waals surface area contributed by atoms with Crippen molar-refractivity contribution in [1.82, 2.24) is 24.1 Å². The molecule has 0 saturated heterocycles. The fourth-order valence-electron chi connectivity index (χ4n) is 3.90. The van der Waals surface area contributed by atoms with Crippen LogP contribution in [0.25, 0.3) is 27.9 Å². The first-order valence-corrected chi connectivity index (χ1v) is 11.2. The van der Waals surface area contributed by atoms with Gasteiger partial charge in [-0.05, 0) is 47.0 Å². The van der Waals surface area contributed by atoms with Crippen LogP contribution < -0.4 is 5.69 Å². The number of rotatable bonds is 4. The van der Waals surface area contributed by atoms with Gasteiger partial charge in [-0.15, -0.1) is 5.10 Å². The molecular weight excluding hydrogens is 536 g/mol. The molecule has 6 nitrogen and oxygen atoms in total. The fourth-order valence-corrected chi connectivity index (χ4v) is 4.03. The highest BCUT2D eigenvalue weighted by atomic mass is 35.5. The Bertz CT molecular complexity index is 1670. The molecular formula is C25H14ClF6N5O. The summed E-state index contributed by atoms with van der Waals surface area (Å²) < 4.78 is 80.1. The molecule has 13 heteroatoms. The molecule has 0 N–H and O–H groups in total. The largest absolute Gasteiger partial charge is 0.433 e. The molecule has 4 heterocycles. The van der Waals surface area contributed by atoms with Crippen molar-refractivity contribution in [2.45, 2.75) is 18.9 Å². The lowest BCUT2D eigenvalue weighted by Gasteiger charge is -2.12. The standard InChI is InChI=1S/C25H14ClF6N5O/c26-17-5-2-15(3-6-17)18-9-10-36-22(21(18)16-4-8-20(34-12-16)25(30,31)32)35-37(23(36)38)13-14-1-7-19(33-11-14)24(27,28)29/h1-12H,13H2. The summed E-state index contributed by atoms with van der Waals surface area (Å²) >= 11 is 6.00. The van der Waals surface area contributed by atoms with E-state index in [1.165, 1.54) is 22.7 Å². The second-order valence-electron chi connectivity index (χ2n) is 8.22. The molecule has 0 unspecified atom stereocenters. The number of hydrogen-bond acceptors (Lipinski definition) is 4. The third-order valence-corrected chi connectivity index (χ3v) is 5.95. The molecule has 0 radical (unpaired) electrons. The molecule has 0 saturated carbocycles. The number of pyridine rings is 3. The Morgan fingerprint density at radius 1 is 0.763 bits per heavy atom. The van der Waals surface area contributed by atoms with Crippen LogP contribution in [0.2, 0.25) is 5.02 Å². The van der Waals surface area contributed by atoms with Crippen LogP contribution in [0.1, 0.15) is 17.0 Å². The van der Waals surface area contributed by atoms with Crippen molar-refractivity contribution < 1.29 is 26.3 Å². The van der Waals surface area contributed by atoms with Crippen LogP contribution >= 0.6 is 11.6 Å². The predicted molar refractivity (Wildman–Crippen MR) is 126 cm³/mol. The van der Waals surface area contributed by atoms with Crippen molar-refractivity contribution in [2.75, 3.05) is 0 Å². The highest BCUT2D eigenvalue weighted by molar-refractivity contribution is 6.30. The number of benzene rings is 1. The second kappa shape index (κ2) is 9.28. The summed E-state index contributed by atoms with van der Waals surface area (Å²) in [6.45, 7) is -0.188. The van der Waals surface area contributed by atoms with Gasteiger partial charge in [-0.2, -0.15) is 26.3 Å². The van der Waals surface area contributed by atoms with Crippen LogP contribution in [0.15, 0.2) is 78.0 Å². The van der Waals surface area contributed by atoms with Crippen molar-refractivity contribution in [3.05, 3.63) is 106 Å². The summed E-state index contributed by atoms with van der Waals surface area (Å²) in [7, 11) is 0. The van der Waals surface area contributed by atoms with E-state index in [2.05, 4.69) is 15.1 Å². The van der Waals surface area contributed by atoms with Gasteiger partial charge < -0.3 is 0 Å². The Kier molecular flexibility index (Phi) is 6.22. The molecule has 0 spiro atoms. The van der Waals surface area contributed by atoms with E-state index < -0.39 is 29.4 Å². The van der Waals surface area contributed by atoms with Gasteiger partial charge in [-0.1, -0.05) is 35.9 Å². The molecule has 4 aromatic heterocycles. The summed E-state index contributed by atoms with van der Waals surface area (Å²) in [5, 5.41) is 4.84. The lowest BCUT2D eigenvalue weighted by atomic mass is 9.96. The Morgan fingerprint density at radius 2 is 1.37 bits per heavy atom. The van der Waals surface area contributed by atoms with Gasteiger partial charge in [0.05, 0.1) is 6.54 Å². The highest BCUT2D eigenvalue weighted by Crippen LogP contribution is 2.36. The number of fused-ring (bicyclic) bond motifs is 1. The SMILES string of the molecule is O=c1n(Cc2ccc(C(F)(F)F)nc2)nc2c(-c3ccc(C(F)(F)F)nc3)c(-c3ccc(Cl)cc3)ccn12. The van der Waals surface area contributed by atoms with E-state index in [4.69, 9.17) is 11.6 Å². The van der Waals surface area contributed by atoms with E-state index in [0.29, 0.717) is 27.3 Å². The first kappa shape index (κ1) is 25.5. The monoisotopic (exact) mass is 549 g/mol. The van der Waals surface area contributed by atoms with Crippen molar-refractivity contribution >= 4 is 17.2 Å². The Morgan fingerprint density at radius 3 is 1.92 bits per heavy atom. The fraction of sp³-hybridized carbons (Fsp3) is 0.120. The van der Waals surface area contributed by atoms with Crippen molar-refractivity contribution in [1.29, 1.82) is 0 Å². The smallest absolute Gasteiger partial charge is 0.251 e. The quantitative estimate of drug-likeness (QED) is 0.245. The maximum absolute atomic E-state index is 13.1. The summed E-state index contributed by atoms with van der Waals surface area (Å²) in [4.78, 5) is 20.0. The van der Waals surface area contributed by atoms with Crippen molar-refractivity contribution in [3.8, 4) is 22.3 Å². The van der Waals surface area contributed by atoms with Crippen LogP contribution in [0.4, 0.5) is 26.3 Å². The van der Waals surface area contributed by atoms with E-state index in [1.807, 2.05) is 0 Å². The Labute approximate surface area is 214 Å². The zero-order chi connectivity index (χ0) is 27.2. The molecule has 0 fully saturated rings. The number of aromatic nitrogens is 5. The Balaban J connectivity index is 1.66. The molecule has 5 aromatic rings. The Hall–Kier alpha value is -4.19. The van der Waals surface area contributed by atoms with Gasteiger partial charge in [0.15, 0.2) is 5.65 Å². The second-order valence-corrected chi connectivity index (χ2v) is 8.66. The first-order chi connectivity index (χ1) is 17.9. The molecule has 0 bridgehead atoms. The maximum Gasteiger partial charge on any atom is 0.433 e.